The number of benzene rings is 1. The molecule has 0 spiro atoms. The van der Waals surface area contributed by atoms with E-state index in [0.29, 0.717) is 23.6 Å². The van der Waals surface area contributed by atoms with Gasteiger partial charge in [-0.2, -0.15) is 5.10 Å². The molecule has 0 aliphatic heterocycles. The average molecular weight is 235 g/mol. The molecule has 0 bridgehead atoms. The van der Waals surface area contributed by atoms with Crippen molar-refractivity contribution in [2.45, 2.75) is 13.5 Å². The van der Waals surface area contributed by atoms with E-state index >= 15 is 0 Å². The molecule has 1 aromatic carbocycles. The van der Waals surface area contributed by atoms with Gasteiger partial charge in [-0.15, -0.1) is 0 Å². The number of rotatable bonds is 3. The average Bonchev–Trinajstić information content (AvgIpc) is 2.60. The second-order valence-corrected chi connectivity index (χ2v) is 3.88. The summed E-state index contributed by atoms with van der Waals surface area (Å²) >= 11 is 0. The Balaban J connectivity index is 2.42. The van der Waals surface area contributed by atoms with Gasteiger partial charge in [-0.1, -0.05) is 6.07 Å². The van der Waals surface area contributed by atoms with Crippen molar-refractivity contribution >= 4 is 5.82 Å². The lowest BCUT2D eigenvalue weighted by molar-refractivity contribution is 0.270. The van der Waals surface area contributed by atoms with E-state index in [1.807, 2.05) is 13.0 Å². The van der Waals surface area contributed by atoms with Gasteiger partial charge < -0.3 is 10.8 Å². The maximum Gasteiger partial charge on any atom is 0.132 e. The maximum absolute atomic E-state index is 13.7. The summed E-state index contributed by atoms with van der Waals surface area (Å²) in [6, 6.07) is 6.55. The lowest BCUT2D eigenvalue weighted by atomic mass is 10.1. The molecule has 0 fully saturated rings. The van der Waals surface area contributed by atoms with Crippen LogP contribution in [0.3, 0.4) is 0 Å². The summed E-state index contributed by atoms with van der Waals surface area (Å²) in [5.74, 6) is 0.0904. The van der Waals surface area contributed by atoms with Crippen LogP contribution in [0.15, 0.2) is 24.3 Å². The summed E-state index contributed by atoms with van der Waals surface area (Å²) in [6.45, 7) is 2.08. The van der Waals surface area contributed by atoms with Crippen LogP contribution in [0.1, 0.15) is 5.56 Å². The number of aryl methyl sites for hydroxylation is 1. The minimum Gasteiger partial charge on any atom is -0.394 e. The quantitative estimate of drug-likeness (QED) is 0.848. The number of halogens is 1. The number of anilines is 1. The van der Waals surface area contributed by atoms with Gasteiger partial charge in [-0.25, -0.2) is 9.07 Å². The van der Waals surface area contributed by atoms with E-state index in [1.165, 1.54) is 10.7 Å². The highest BCUT2D eigenvalue weighted by atomic mass is 19.1. The fraction of sp³-hybridized carbons (Fsp3) is 0.250. The summed E-state index contributed by atoms with van der Waals surface area (Å²) in [7, 11) is 0. The molecule has 0 aliphatic rings. The van der Waals surface area contributed by atoms with Crippen molar-refractivity contribution in [1.29, 1.82) is 0 Å². The van der Waals surface area contributed by atoms with Crippen LogP contribution in [-0.4, -0.2) is 21.5 Å². The summed E-state index contributed by atoms with van der Waals surface area (Å²) in [5.41, 5.74) is 7.46. The molecule has 0 radical (unpaired) electrons. The first-order valence-corrected chi connectivity index (χ1v) is 5.32. The van der Waals surface area contributed by atoms with Gasteiger partial charge in [0.2, 0.25) is 0 Å². The van der Waals surface area contributed by atoms with Gasteiger partial charge in [0.15, 0.2) is 0 Å². The standard InChI is InChI=1S/C12H14FN3O/c1-8-2-3-9(10(13)6-8)11-7-12(14)16(15-11)4-5-17/h2-3,6-7,17H,4-5,14H2,1H3. The highest BCUT2D eigenvalue weighted by molar-refractivity contribution is 5.63. The number of hydrogen-bond acceptors (Lipinski definition) is 3. The van der Waals surface area contributed by atoms with E-state index in [0.717, 1.165) is 5.56 Å². The molecule has 0 amide bonds. The molecule has 1 aromatic heterocycles. The van der Waals surface area contributed by atoms with E-state index in [9.17, 15) is 4.39 Å². The number of hydrogen-bond donors (Lipinski definition) is 2. The molecule has 1 heterocycles. The first-order valence-electron chi connectivity index (χ1n) is 5.32. The van der Waals surface area contributed by atoms with Crippen LogP contribution in [0.2, 0.25) is 0 Å². The van der Waals surface area contributed by atoms with Crippen LogP contribution in [0.5, 0.6) is 0 Å². The number of aliphatic hydroxyl groups is 1. The second kappa shape index (κ2) is 4.55. The maximum atomic E-state index is 13.7. The van der Waals surface area contributed by atoms with E-state index in [-0.39, 0.29) is 12.4 Å². The molecule has 2 aromatic rings. The van der Waals surface area contributed by atoms with Gasteiger partial charge >= 0.3 is 0 Å². The number of nitrogens with two attached hydrogens (primary N) is 1. The van der Waals surface area contributed by atoms with Crippen molar-refractivity contribution in [1.82, 2.24) is 9.78 Å². The number of aromatic nitrogens is 2. The molecule has 0 unspecified atom stereocenters. The number of aliphatic hydroxyl groups excluding tert-OH is 1. The van der Waals surface area contributed by atoms with Crippen LogP contribution in [0.25, 0.3) is 11.3 Å². The predicted octanol–water partition coefficient (Wildman–Crippen LogP) is 1.57. The summed E-state index contributed by atoms with van der Waals surface area (Å²) in [5, 5.41) is 13.0. The van der Waals surface area contributed by atoms with Crippen LogP contribution >= 0.6 is 0 Å². The zero-order chi connectivity index (χ0) is 12.4. The van der Waals surface area contributed by atoms with Gasteiger partial charge in [-0.05, 0) is 24.6 Å². The molecule has 90 valence electrons. The SMILES string of the molecule is Cc1ccc(-c2cc(N)n(CCO)n2)c(F)c1. The van der Waals surface area contributed by atoms with Crippen molar-refractivity contribution in [3.63, 3.8) is 0 Å². The molecule has 17 heavy (non-hydrogen) atoms. The number of nitrogens with zero attached hydrogens (tertiary/aromatic N) is 2. The fourth-order valence-electron chi connectivity index (χ4n) is 1.66. The topological polar surface area (TPSA) is 64.1 Å². The van der Waals surface area contributed by atoms with E-state index in [2.05, 4.69) is 5.10 Å². The molecule has 5 heteroatoms. The monoisotopic (exact) mass is 235 g/mol. The lowest BCUT2D eigenvalue weighted by Gasteiger charge is -2.01. The Bertz CT molecular complexity index is 537. The summed E-state index contributed by atoms with van der Waals surface area (Å²) in [4.78, 5) is 0. The molecule has 0 atom stereocenters. The van der Waals surface area contributed by atoms with Crippen molar-refractivity contribution in [3.05, 3.63) is 35.6 Å². The molecule has 4 nitrogen and oxygen atoms in total. The van der Waals surface area contributed by atoms with Crippen molar-refractivity contribution < 1.29 is 9.50 Å². The Kier molecular flexibility index (Phi) is 3.10. The smallest absolute Gasteiger partial charge is 0.132 e. The highest BCUT2D eigenvalue weighted by Gasteiger charge is 2.11. The zero-order valence-corrected chi connectivity index (χ0v) is 9.52. The van der Waals surface area contributed by atoms with Gasteiger partial charge in [0, 0.05) is 11.6 Å². The third-order valence-corrected chi connectivity index (χ3v) is 2.52. The van der Waals surface area contributed by atoms with Crippen LogP contribution in [0, 0.1) is 12.7 Å². The van der Waals surface area contributed by atoms with Crippen LogP contribution in [-0.2, 0) is 6.54 Å². The first-order chi connectivity index (χ1) is 8.11. The highest BCUT2D eigenvalue weighted by Crippen LogP contribution is 2.24. The van der Waals surface area contributed by atoms with E-state index in [4.69, 9.17) is 10.8 Å². The molecule has 0 saturated heterocycles. The van der Waals surface area contributed by atoms with Gasteiger partial charge in [0.05, 0.1) is 18.8 Å². The number of nitrogen functional groups attached to an aromatic ring is 1. The Morgan fingerprint density at radius 2 is 2.18 bits per heavy atom. The predicted molar refractivity (Wildman–Crippen MR) is 63.9 cm³/mol. The Hall–Kier alpha value is -1.88. The third kappa shape index (κ3) is 2.29. The molecule has 0 aliphatic carbocycles. The van der Waals surface area contributed by atoms with Gasteiger partial charge in [-0.3, -0.25) is 0 Å². The van der Waals surface area contributed by atoms with E-state index in [1.54, 1.807) is 12.1 Å². The molecular formula is C12H14FN3O. The van der Waals surface area contributed by atoms with Crippen LogP contribution in [0.4, 0.5) is 10.2 Å². The Labute approximate surface area is 98.5 Å². The van der Waals surface area contributed by atoms with Gasteiger partial charge in [0.25, 0.3) is 0 Å². The van der Waals surface area contributed by atoms with Crippen molar-refractivity contribution in [3.8, 4) is 11.3 Å². The largest absolute Gasteiger partial charge is 0.394 e. The summed E-state index contributed by atoms with van der Waals surface area (Å²) < 4.78 is 15.2. The van der Waals surface area contributed by atoms with Crippen LogP contribution < -0.4 is 5.73 Å². The molecule has 2 rings (SSSR count). The summed E-state index contributed by atoms with van der Waals surface area (Å²) in [6.07, 6.45) is 0. The molecule has 0 saturated carbocycles. The lowest BCUT2D eigenvalue weighted by Crippen LogP contribution is -2.07. The van der Waals surface area contributed by atoms with Crippen molar-refractivity contribution in [2.24, 2.45) is 0 Å². The second-order valence-electron chi connectivity index (χ2n) is 3.88. The Morgan fingerprint density at radius 3 is 2.82 bits per heavy atom. The normalized spacial score (nSPS) is 10.8. The van der Waals surface area contributed by atoms with E-state index < -0.39 is 0 Å². The first kappa shape index (κ1) is 11.6. The fourth-order valence-corrected chi connectivity index (χ4v) is 1.66. The molecular weight excluding hydrogens is 221 g/mol. The molecule has 3 N–H and O–H groups in total. The third-order valence-electron chi connectivity index (χ3n) is 2.52. The minimum absolute atomic E-state index is 0.0539. The zero-order valence-electron chi connectivity index (χ0n) is 9.52. The Morgan fingerprint density at radius 1 is 1.41 bits per heavy atom. The van der Waals surface area contributed by atoms with Gasteiger partial charge in [0.1, 0.15) is 11.6 Å². The van der Waals surface area contributed by atoms with Crippen molar-refractivity contribution in [2.75, 3.05) is 12.3 Å². The minimum atomic E-state index is -0.321.